The third-order valence-electron chi connectivity index (χ3n) is 5.66. The van der Waals surface area contributed by atoms with Crippen LogP contribution in [0.2, 0.25) is 0 Å². The zero-order valence-electron chi connectivity index (χ0n) is 15.7. The molecular weight excluding hydrogens is 374 g/mol. The number of nitrogens with zero attached hydrogens (tertiary/aromatic N) is 2. The number of β-lactam (4-membered cyclic amide) rings is 1. The molecule has 0 aromatic rings. The first-order valence-electron chi connectivity index (χ1n) is 8.91. The number of nitrogens with one attached hydrogen (secondary N) is 1. The molecule has 0 aliphatic carbocycles. The SMILES string of the molecule is C[C@@H](O)[C@H]1C(=O)N2C(C(=O)O)=C([S@](=O)[C@@H]3CN[C@H](C(=O)N(C)C)C3)[C@H](C)[C@H]12. The molecule has 3 rings (SSSR count). The molecule has 10 heteroatoms. The first-order chi connectivity index (χ1) is 12.6. The number of amides is 2. The highest BCUT2D eigenvalue weighted by Crippen LogP contribution is 2.48. The Labute approximate surface area is 159 Å². The van der Waals surface area contributed by atoms with Crippen LogP contribution in [0.1, 0.15) is 20.3 Å². The molecule has 3 N–H and O–H groups in total. The topological polar surface area (TPSA) is 127 Å². The highest BCUT2D eigenvalue weighted by atomic mass is 32.2. The number of hydrogen-bond acceptors (Lipinski definition) is 6. The lowest BCUT2D eigenvalue weighted by Gasteiger charge is -2.46. The van der Waals surface area contributed by atoms with Gasteiger partial charge in [0.15, 0.2) is 0 Å². The van der Waals surface area contributed by atoms with E-state index < -0.39 is 57.9 Å². The van der Waals surface area contributed by atoms with Crippen LogP contribution in [0.15, 0.2) is 10.6 Å². The molecule has 3 aliphatic rings. The molecule has 0 aromatic carbocycles. The van der Waals surface area contributed by atoms with Crippen molar-refractivity contribution in [1.29, 1.82) is 0 Å². The van der Waals surface area contributed by atoms with Crippen molar-refractivity contribution in [3.05, 3.63) is 10.6 Å². The fourth-order valence-corrected chi connectivity index (χ4v) is 6.20. The van der Waals surface area contributed by atoms with Gasteiger partial charge in [-0.2, -0.15) is 0 Å². The highest BCUT2D eigenvalue weighted by Gasteiger charge is 2.61. The largest absolute Gasteiger partial charge is 0.477 e. The van der Waals surface area contributed by atoms with Crippen LogP contribution < -0.4 is 5.32 Å². The summed E-state index contributed by atoms with van der Waals surface area (Å²) in [6.07, 6.45) is -0.565. The number of carboxylic acids is 1. The van der Waals surface area contributed by atoms with Gasteiger partial charge in [0.2, 0.25) is 11.8 Å². The van der Waals surface area contributed by atoms with Gasteiger partial charge >= 0.3 is 5.97 Å². The van der Waals surface area contributed by atoms with E-state index in [0.717, 1.165) is 0 Å². The number of rotatable bonds is 5. The maximum absolute atomic E-state index is 13.2. The van der Waals surface area contributed by atoms with Gasteiger partial charge in [-0.25, -0.2) is 4.79 Å². The molecule has 9 nitrogen and oxygen atoms in total. The Kier molecular flexibility index (Phi) is 5.17. The molecule has 2 fully saturated rings. The fourth-order valence-electron chi connectivity index (χ4n) is 4.34. The number of carbonyl (C=O) groups is 3. The molecule has 2 amide bonds. The van der Waals surface area contributed by atoms with Gasteiger partial charge in [-0.1, -0.05) is 6.92 Å². The van der Waals surface area contributed by atoms with Crippen LogP contribution in [0.3, 0.4) is 0 Å². The lowest BCUT2D eigenvalue weighted by atomic mass is 9.79. The van der Waals surface area contributed by atoms with Crippen molar-refractivity contribution in [3.63, 3.8) is 0 Å². The zero-order valence-corrected chi connectivity index (χ0v) is 16.5. The van der Waals surface area contributed by atoms with Gasteiger partial charge in [0.25, 0.3) is 0 Å². The minimum atomic E-state index is -1.66. The van der Waals surface area contributed by atoms with E-state index in [1.807, 2.05) is 0 Å². The van der Waals surface area contributed by atoms with Gasteiger partial charge in [0, 0.05) is 26.6 Å². The first-order valence-corrected chi connectivity index (χ1v) is 10.1. The molecule has 0 unspecified atom stereocenters. The van der Waals surface area contributed by atoms with E-state index in [0.29, 0.717) is 13.0 Å². The Bertz CT molecular complexity index is 749. The fraction of sp³-hybridized carbons (Fsp3) is 0.706. The van der Waals surface area contributed by atoms with Crippen molar-refractivity contribution >= 4 is 28.6 Å². The average Bonchev–Trinajstić information content (AvgIpc) is 3.15. The third-order valence-corrected chi connectivity index (χ3v) is 7.62. The van der Waals surface area contributed by atoms with Crippen molar-refractivity contribution in [1.82, 2.24) is 15.1 Å². The van der Waals surface area contributed by atoms with Crippen LogP contribution in [0, 0.1) is 11.8 Å². The van der Waals surface area contributed by atoms with Crippen LogP contribution in [-0.4, -0.2) is 86.1 Å². The maximum atomic E-state index is 13.2. The minimum absolute atomic E-state index is 0.116. The Morgan fingerprint density at radius 3 is 2.52 bits per heavy atom. The Balaban J connectivity index is 1.87. The van der Waals surface area contributed by atoms with E-state index in [9.17, 15) is 28.8 Å². The zero-order chi connectivity index (χ0) is 20.2. The number of aliphatic hydroxyl groups is 1. The molecule has 7 atom stereocenters. The van der Waals surface area contributed by atoms with Crippen LogP contribution in [0.4, 0.5) is 0 Å². The molecule has 0 radical (unpaired) electrons. The lowest BCUT2D eigenvalue weighted by Crippen LogP contribution is -2.63. The number of hydrogen-bond donors (Lipinski definition) is 3. The van der Waals surface area contributed by atoms with Gasteiger partial charge in [-0.15, -0.1) is 0 Å². The van der Waals surface area contributed by atoms with Gasteiger partial charge < -0.3 is 25.3 Å². The molecule has 27 heavy (non-hydrogen) atoms. The van der Waals surface area contributed by atoms with Gasteiger partial charge in [0.05, 0.1) is 45.1 Å². The summed E-state index contributed by atoms with van der Waals surface area (Å²) in [5.74, 6) is -2.98. The van der Waals surface area contributed by atoms with Gasteiger partial charge in [-0.05, 0) is 13.3 Å². The first kappa shape index (κ1) is 20.0. The number of likely N-dealkylation sites (N-methyl/N-ethyl adjacent to an activating group) is 1. The van der Waals surface area contributed by atoms with E-state index in [-0.39, 0.29) is 16.5 Å². The molecular formula is C17H25N3O6S. The molecule has 3 aliphatic heterocycles. The summed E-state index contributed by atoms with van der Waals surface area (Å²) < 4.78 is 13.2. The molecule has 0 spiro atoms. The van der Waals surface area contributed by atoms with Crippen LogP contribution in [-0.2, 0) is 25.2 Å². The average molecular weight is 399 g/mol. The summed E-state index contributed by atoms with van der Waals surface area (Å²) in [5.41, 5.74) is -0.227. The second kappa shape index (κ2) is 6.99. The number of fused-ring (bicyclic) bond motifs is 1. The normalized spacial score (nSPS) is 34.9. The van der Waals surface area contributed by atoms with Crippen molar-refractivity contribution in [2.45, 2.75) is 43.7 Å². The predicted octanol–water partition coefficient (Wildman–Crippen LogP) is -1.29. The van der Waals surface area contributed by atoms with E-state index in [1.165, 1.54) is 16.7 Å². The van der Waals surface area contributed by atoms with Crippen molar-refractivity contribution < 1.29 is 28.8 Å². The Hall–Kier alpha value is -1.78. The van der Waals surface area contributed by atoms with E-state index in [1.54, 1.807) is 21.0 Å². The second-order valence-corrected chi connectivity index (χ2v) is 9.32. The summed E-state index contributed by atoms with van der Waals surface area (Å²) in [6, 6.07) is -0.945. The molecule has 0 bridgehead atoms. The molecule has 3 heterocycles. The van der Waals surface area contributed by atoms with E-state index in [2.05, 4.69) is 5.32 Å². The standard InChI is InChI=1S/C17H25N3O6S/c1-7-12-11(8(2)21)16(23)20(12)13(17(24)25)14(7)27(26)9-5-10(18-6-9)15(22)19(3)4/h7-12,18,21H,5-6H2,1-4H3,(H,24,25)/t7-,8-,9+,10+,11-,12-,27-/m1/s1. The summed E-state index contributed by atoms with van der Waals surface area (Å²) in [5, 5.41) is 22.2. The van der Waals surface area contributed by atoms with Gasteiger partial charge in [-0.3, -0.25) is 13.8 Å². The quantitative estimate of drug-likeness (QED) is 0.491. The lowest BCUT2D eigenvalue weighted by molar-refractivity contribution is -0.163. The Morgan fingerprint density at radius 1 is 1.37 bits per heavy atom. The summed E-state index contributed by atoms with van der Waals surface area (Å²) in [7, 11) is 1.63. The summed E-state index contributed by atoms with van der Waals surface area (Å²) >= 11 is 0. The van der Waals surface area contributed by atoms with Crippen LogP contribution in [0.25, 0.3) is 0 Å². The van der Waals surface area contributed by atoms with Crippen molar-refractivity contribution in [3.8, 4) is 0 Å². The predicted molar refractivity (Wildman–Crippen MR) is 96.7 cm³/mol. The van der Waals surface area contributed by atoms with E-state index in [4.69, 9.17) is 0 Å². The van der Waals surface area contributed by atoms with Crippen molar-refractivity contribution in [2.75, 3.05) is 20.6 Å². The number of carboxylic acid groups (broad SMARTS) is 1. The molecule has 0 saturated carbocycles. The van der Waals surface area contributed by atoms with Crippen LogP contribution >= 0.6 is 0 Å². The molecule has 150 valence electrons. The maximum Gasteiger partial charge on any atom is 0.353 e. The van der Waals surface area contributed by atoms with Gasteiger partial charge in [0.1, 0.15) is 5.70 Å². The van der Waals surface area contributed by atoms with Crippen LogP contribution in [0.5, 0.6) is 0 Å². The smallest absolute Gasteiger partial charge is 0.353 e. The second-order valence-electron chi connectivity index (χ2n) is 7.62. The monoisotopic (exact) mass is 399 g/mol. The molecule has 0 aromatic heterocycles. The minimum Gasteiger partial charge on any atom is -0.477 e. The summed E-state index contributed by atoms with van der Waals surface area (Å²) in [6.45, 7) is 3.58. The summed E-state index contributed by atoms with van der Waals surface area (Å²) in [4.78, 5) is 39.2. The van der Waals surface area contributed by atoms with E-state index >= 15 is 0 Å². The number of carbonyl (C=O) groups excluding carboxylic acids is 2. The van der Waals surface area contributed by atoms with Crippen molar-refractivity contribution in [2.24, 2.45) is 11.8 Å². The highest BCUT2D eigenvalue weighted by molar-refractivity contribution is 7.89. The third kappa shape index (κ3) is 2.99. The molecule has 2 saturated heterocycles. The number of aliphatic hydroxyl groups excluding tert-OH is 1. The number of aliphatic carboxylic acids is 1. The Morgan fingerprint density at radius 2 is 2.00 bits per heavy atom.